The fourth-order valence-electron chi connectivity index (χ4n) is 4.57. The molecule has 0 aromatic rings. The van der Waals surface area contributed by atoms with E-state index in [0.717, 1.165) is 26.1 Å². The highest BCUT2D eigenvalue weighted by atomic mass is 16.5. The van der Waals surface area contributed by atoms with Crippen molar-refractivity contribution in [2.45, 2.75) is 180 Å². The third-order valence-corrected chi connectivity index (χ3v) is 6.86. The highest BCUT2D eigenvalue weighted by molar-refractivity contribution is 4.57. The second-order valence-electron chi connectivity index (χ2n) is 10.3. The van der Waals surface area contributed by atoms with Crippen LogP contribution in [0.5, 0.6) is 0 Å². The molecule has 1 atom stereocenters. The summed E-state index contributed by atoms with van der Waals surface area (Å²) in [6.07, 6.45) is 32.9. The van der Waals surface area contributed by atoms with Gasteiger partial charge in [0.05, 0.1) is 6.10 Å². The molecule has 1 N–H and O–H groups in total. The lowest BCUT2D eigenvalue weighted by molar-refractivity contribution is 0.124. The molecule has 0 rings (SSSR count). The van der Waals surface area contributed by atoms with Crippen LogP contribution in [-0.4, -0.2) is 24.4 Å². The second-order valence-corrected chi connectivity index (χ2v) is 10.3. The predicted molar refractivity (Wildman–Crippen MR) is 144 cm³/mol. The van der Waals surface area contributed by atoms with Crippen molar-refractivity contribution in [3.8, 4) is 0 Å². The van der Waals surface area contributed by atoms with Crippen LogP contribution < -0.4 is 0 Å². The summed E-state index contributed by atoms with van der Waals surface area (Å²) in [5.74, 6) is 0. The number of unbranched alkanes of at least 4 members (excludes halogenated alkanes) is 20. The van der Waals surface area contributed by atoms with Crippen LogP contribution >= 0.6 is 0 Å². The van der Waals surface area contributed by atoms with E-state index in [1.165, 1.54) is 148 Å². The average Bonchev–Trinajstić information content (AvgIpc) is 2.80. The lowest BCUT2D eigenvalue weighted by atomic mass is 10.0. The minimum Gasteiger partial charge on any atom is -0.393 e. The topological polar surface area (TPSA) is 29.5 Å². The van der Waals surface area contributed by atoms with E-state index in [-0.39, 0.29) is 6.10 Å². The van der Waals surface area contributed by atoms with Gasteiger partial charge in [-0.3, -0.25) is 0 Å². The number of aliphatic hydroxyl groups is 1. The van der Waals surface area contributed by atoms with Crippen molar-refractivity contribution in [2.75, 3.05) is 13.2 Å². The Morgan fingerprint density at radius 3 is 1.03 bits per heavy atom. The van der Waals surface area contributed by atoms with E-state index in [1.54, 1.807) is 0 Å². The second kappa shape index (κ2) is 29.0. The molecule has 0 aliphatic heterocycles. The number of aliphatic hydroxyl groups excluding tert-OH is 1. The molecule has 0 aromatic heterocycles. The van der Waals surface area contributed by atoms with Gasteiger partial charge in [-0.1, -0.05) is 149 Å². The summed E-state index contributed by atoms with van der Waals surface area (Å²) in [5, 5.41) is 10.1. The van der Waals surface area contributed by atoms with Gasteiger partial charge >= 0.3 is 0 Å². The van der Waals surface area contributed by atoms with Crippen LogP contribution in [-0.2, 0) is 4.74 Å². The zero-order chi connectivity index (χ0) is 23.4. The van der Waals surface area contributed by atoms with Crippen LogP contribution in [0.3, 0.4) is 0 Å². The highest BCUT2D eigenvalue weighted by Crippen LogP contribution is 2.14. The minimum atomic E-state index is -0.0628. The first-order valence-electron chi connectivity index (χ1n) is 15.1. The molecule has 1 unspecified atom stereocenters. The Morgan fingerprint density at radius 2 is 0.688 bits per heavy atom. The van der Waals surface area contributed by atoms with Gasteiger partial charge in [-0.2, -0.15) is 0 Å². The van der Waals surface area contributed by atoms with Gasteiger partial charge in [0.1, 0.15) is 0 Å². The van der Waals surface area contributed by atoms with E-state index >= 15 is 0 Å². The first-order chi connectivity index (χ1) is 15.8. The van der Waals surface area contributed by atoms with Crippen molar-refractivity contribution in [1.82, 2.24) is 0 Å². The summed E-state index contributed by atoms with van der Waals surface area (Å²) < 4.78 is 5.80. The molecule has 0 aromatic carbocycles. The van der Waals surface area contributed by atoms with Crippen LogP contribution in [0.1, 0.15) is 174 Å². The number of hydrogen-bond donors (Lipinski definition) is 1. The smallest absolute Gasteiger partial charge is 0.0540 e. The summed E-state index contributed by atoms with van der Waals surface area (Å²) in [6, 6.07) is 0. The lowest BCUT2D eigenvalue weighted by Gasteiger charge is -2.10. The Hall–Kier alpha value is -0.0800. The van der Waals surface area contributed by atoms with Crippen LogP contribution in [0.4, 0.5) is 0 Å². The van der Waals surface area contributed by atoms with Crippen LogP contribution in [0.15, 0.2) is 0 Å². The Bertz CT molecular complexity index is 318. The highest BCUT2D eigenvalue weighted by Gasteiger charge is 2.04. The molecule has 0 radical (unpaired) electrons. The Kier molecular flexibility index (Phi) is 28.9. The molecule has 0 fully saturated rings. The molecule has 0 saturated heterocycles. The summed E-state index contributed by atoms with van der Waals surface area (Å²) >= 11 is 0. The number of rotatable bonds is 28. The Morgan fingerprint density at radius 1 is 0.406 bits per heavy atom. The maximum absolute atomic E-state index is 10.1. The van der Waals surface area contributed by atoms with E-state index in [1.807, 2.05) is 0 Å². The molecule has 2 nitrogen and oxygen atoms in total. The normalized spacial score (nSPS) is 12.5. The van der Waals surface area contributed by atoms with Gasteiger partial charge < -0.3 is 9.84 Å². The molecular formula is C30H62O2. The minimum absolute atomic E-state index is 0.0628. The van der Waals surface area contributed by atoms with Crippen molar-refractivity contribution in [3.05, 3.63) is 0 Å². The SMILES string of the molecule is CCCCCCCCCCCCOCCCCCCC(O)CCCCCCCCCCC. The molecule has 0 amide bonds. The van der Waals surface area contributed by atoms with E-state index in [0.29, 0.717) is 0 Å². The van der Waals surface area contributed by atoms with E-state index in [2.05, 4.69) is 13.8 Å². The zero-order valence-electron chi connectivity index (χ0n) is 22.5. The summed E-state index contributed by atoms with van der Waals surface area (Å²) in [6.45, 7) is 6.44. The van der Waals surface area contributed by atoms with Crippen molar-refractivity contribution >= 4 is 0 Å². The first kappa shape index (κ1) is 31.9. The van der Waals surface area contributed by atoms with Crippen molar-refractivity contribution in [3.63, 3.8) is 0 Å². The summed E-state index contributed by atoms with van der Waals surface area (Å²) in [4.78, 5) is 0. The van der Waals surface area contributed by atoms with Crippen LogP contribution in [0.25, 0.3) is 0 Å². The molecule has 0 saturated carbocycles. The largest absolute Gasteiger partial charge is 0.393 e. The molecule has 0 bridgehead atoms. The van der Waals surface area contributed by atoms with Crippen LogP contribution in [0, 0.1) is 0 Å². The maximum Gasteiger partial charge on any atom is 0.0540 e. The van der Waals surface area contributed by atoms with Gasteiger partial charge in [0, 0.05) is 13.2 Å². The van der Waals surface area contributed by atoms with Gasteiger partial charge in [0.25, 0.3) is 0 Å². The molecule has 2 heteroatoms. The molecule has 0 spiro atoms. The van der Waals surface area contributed by atoms with E-state index in [9.17, 15) is 5.11 Å². The standard InChI is InChI=1S/C30H62O2/c1-3-5-7-9-11-13-15-17-20-24-28-32-29-25-21-19-23-27-30(31)26-22-18-16-14-12-10-8-6-4-2/h30-31H,3-29H2,1-2H3. The molecule has 32 heavy (non-hydrogen) atoms. The number of ether oxygens (including phenoxy) is 1. The average molecular weight is 455 g/mol. The van der Waals surface area contributed by atoms with E-state index in [4.69, 9.17) is 4.74 Å². The fraction of sp³-hybridized carbons (Fsp3) is 1.00. The molecule has 0 aliphatic rings. The molecule has 194 valence electrons. The fourth-order valence-corrected chi connectivity index (χ4v) is 4.57. The Labute approximate surface area is 203 Å². The van der Waals surface area contributed by atoms with Gasteiger partial charge in [0.2, 0.25) is 0 Å². The third-order valence-electron chi connectivity index (χ3n) is 6.86. The molecule has 0 aliphatic carbocycles. The maximum atomic E-state index is 10.1. The van der Waals surface area contributed by atoms with Gasteiger partial charge in [-0.15, -0.1) is 0 Å². The predicted octanol–water partition coefficient (Wildman–Crippen LogP) is 10.2. The monoisotopic (exact) mass is 454 g/mol. The van der Waals surface area contributed by atoms with Crippen molar-refractivity contribution in [2.24, 2.45) is 0 Å². The quantitative estimate of drug-likeness (QED) is 0.119. The summed E-state index contributed by atoms with van der Waals surface area (Å²) in [7, 11) is 0. The van der Waals surface area contributed by atoms with Gasteiger partial charge in [-0.05, 0) is 25.7 Å². The number of hydrogen-bond acceptors (Lipinski definition) is 2. The third kappa shape index (κ3) is 28.0. The Balaban J connectivity index is 3.11. The van der Waals surface area contributed by atoms with Gasteiger partial charge in [-0.25, -0.2) is 0 Å². The molecule has 0 heterocycles. The first-order valence-corrected chi connectivity index (χ1v) is 15.1. The van der Waals surface area contributed by atoms with Crippen LogP contribution in [0.2, 0.25) is 0 Å². The van der Waals surface area contributed by atoms with E-state index < -0.39 is 0 Å². The van der Waals surface area contributed by atoms with Crippen molar-refractivity contribution in [1.29, 1.82) is 0 Å². The summed E-state index contributed by atoms with van der Waals surface area (Å²) in [5.41, 5.74) is 0. The molecular weight excluding hydrogens is 392 g/mol. The van der Waals surface area contributed by atoms with Gasteiger partial charge in [0.15, 0.2) is 0 Å². The van der Waals surface area contributed by atoms with Crippen molar-refractivity contribution < 1.29 is 9.84 Å². The lowest BCUT2D eigenvalue weighted by Crippen LogP contribution is -2.06. The zero-order valence-corrected chi connectivity index (χ0v) is 22.5.